The van der Waals surface area contributed by atoms with Gasteiger partial charge in [-0.3, -0.25) is 0 Å². The van der Waals surface area contributed by atoms with E-state index < -0.39 is 11.6 Å². The molecule has 1 aromatic carbocycles. The average molecular weight is 271 g/mol. The number of rotatable bonds is 4. The van der Waals surface area contributed by atoms with Gasteiger partial charge in [0.15, 0.2) is 17.3 Å². The third-order valence-corrected chi connectivity index (χ3v) is 3.60. The smallest absolute Gasteiger partial charge is 0.197 e. The van der Waals surface area contributed by atoms with Crippen LogP contribution in [0, 0.1) is 17.6 Å². The van der Waals surface area contributed by atoms with Gasteiger partial charge in [0.1, 0.15) is 5.82 Å². The van der Waals surface area contributed by atoms with E-state index in [1.54, 1.807) is 0 Å². The Hall–Kier alpha value is -1.36. The van der Waals surface area contributed by atoms with Gasteiger partial charge in [-0.1, -0.05) is 0 Å². The summed E-state index contributed by atoms with van der Waals surface area (Å²) < 4.78 is 37.7. The lowest BCUT2D eigenvalue weighted by atomic mass is 9.90. The van der Waals surface area contributed by atoms with Crippen LogP contribution < -0.4 is 14.8 Å². The second kappa shape index (κ2) is 6.19. The number of hydrogen-bond donors (Lipinski definition) is 1. The highest BCUT2D eigenvalue weighted by atomic mass is 19.1. The Morgan fingerprint density at radius 2 is 1.74 bits per heavy atom. The molecule has 0 atom stereocenters. The van der Waals surface area contributed by atoms with Gasteiger partial charge in [0.2, 0.25) is 0 Å². The van der Waals surface area contributed by atoms with Gasteiger partial charge in [-0.2, -0.15) is 0 Å². The number of ether oxygens (including phenoxy) is 2. The molecular formula is C14H19F2NO2. The molecule has 0 aromatic heterocycles. The third kappa shape index (κ3) is 2.97. The molecule has 1 aliphatic heterocycles. The first-order valence-electron chi connectivity index (χ1n) is 6.47. The predicted molar refractivity (Wildman–Crippen MR) is 68.8 cm³/mol. The van der Waals surface area contributed by atoms with Crippen molar-refractivity contribution >= 4 is 0 Å². The number of hydrogen-bond acceptors (Lipinski definition) is 3. The number of halogens is 2. The van der Waals surface area contributed by atoms with E-state index in [1.165, 1.54) is 14.2 Å². The van der Waals surface area contributed by atoms with Crippen LogP contribution in [0.25, 0.3) is 0 Å². The molecule has 19 heavy (non-hydrogen) atoms. The summed E-state index contributed by atoms with van der Waals surface area (Å²) >= 11 is 0. The lowest BCUT2D eigenvalue weighted by molar-refractivity contribution is 0.320. The highest BCUT2D eigenvalue weighted by molar-refractivity contribution is 5.48. The first-order chi connectivity index (χ1) is 9.17. The molecule has 1 fully saturated rings. The molecule has 0 amide bonds. The van der Waals surface area contributed by atoms with Crippen LogP contribution in [-0.4, -0.2) is 27.3 Å². The zero-order chi connectivity index (χ0) is 13.8. The molecule has 2 rings (SSSR count). The quantitative estimate of drug-likeness (QED) is 0.912. The van der Waals surface area contributed by atoms with Crippen LogP contribution in [0.4, 0.5) is 8.78 Å². The Bertz CT molecular complexity index is 446. The first kappa shape index (κ1) is 14.1. The molecule has 0 aliphatic carbocycles. The summed E-state index contributed by atoms with van der Waals surface area (Å²) in [6.45, 7) is 1.87. The van der Waals surface area contributed by atoms with Gasteiger partial charge in [-0.05, 0) is 38.3 Å². The van der Waals surface area contributed by atoms with Gasteiger partial charge in [-0.25, -0.2) is 8.78 Å². The maximum Gasteiger partial charge on any atom is 0.197 e. The van der Waals surface area contributed by atoms with E-state index in [0.717, 1.165) is 32.0 Å². The number of piperidine rings is 1. The molecule has 0 unspecified atom stereocenters. The van der Waals surface area contributed by atoms with Crippen LogP contribution in [0.3, 0.4) is 0 Å². The molecule has 1 aromatic rings. The Kier molecular flexibility index (Phi) is 4.58. The Morgan fingerprint density at radius 3 is 2.32 bits per heavy atom. The van der Waals surface area contributed by atoms with Crippen molar-refractivity contribution in [1.82, 2.24) is 5.32 Å². The van der Waals surface area contributed by atoms with Crippen molar-refractivity contribution in [1.29, 1.82) is 0 Å². The fourth-order valence-corrected chi connectivity index (χ4v) is 2.59. The molecular weight excluding hydrogens is 252 g/mol. The van der Waals surface area contributed by atoms with E-state index in [0.29, 0.717) is 17.9 Å². The Balaban J connectivity index is 2.32. The van der Waals surface area contributed by atoms with E-state index in [9.17, 15) is 8.78 Å². The minimum Gasteiger partial charge on any atom is -0.492 e. The molecule has 106 valence electrons. The van der Waals surface area contributed by atoms with Crippen LogP contribution in [-0.2, 0) is 6.42 Å². The zero-order valence-corrected chi connectivity index (χ0v) is 11.3. The van der Waals surface area contributed by atoms with Crippen LogP contribution in [0.15, 0.2) is 6.07 Å². The Labute approximate surface area is 111 Å². The fraction of sp³-hybridized carbons (Fsp3) is 0.571. The van der Waals surface area contributed by atoms with Crippen molar-refractivity contribution in [2.45, 2.75) is 19.3 Å². The maximum atomic E-state index is 14.0. The van der Waals surface area contributed by atoms with Crippen molar-refractivity contribution < 1.29 is 18.3 Å². The lowest BCUT2D eigenvalue weighted by Crippen LogP contribution is -2.29. The highest BCUT2D eigenvalue weighted by Crippen LogP contribution is 2.37. The Morgan fingerprint density at radius 1 is 1.11 bits per heavy atom. The largest absolute Gasteiger partial charge is 0.492 e. The van der Waals surface area contributed by atoms with Crippen LogP contribution in [0.1, 0.15) is 18.4 Å². The van der Waals surface area contributed by atoms with E-state index >= 15 is 0 Å². The van der Waals surface area contributed by atoms with Gasteiger partial charge in [-0.15, -0.1) is 0 Å². The first-order valence-corrected chi connectivity index (χ1v) is 6.47. The minimum absolute atomic E-state index is 0.0205. The van der Waals surface area contributed by atoms with Crippen molar-refractivity contribution in [2.24, 2.45) is 5.92 Å². The third-order valence-electron chi connectivity index (χ3n) is 3.60. The molecule has 0 radical (unpaired) electrons. The summed E-state index contributed by atoms with van der Waals surface area (Å²) in [6.07, 6.45) is 2.53. The summed E-state index contributed by atoms with van der Waals surface area (Å²) in [5.41, 5.74) is 0.410. The summed E-state index contributed by atoms with van der Waals surface area (Å²) in [7, 11) is 2.76. The van der Waals surface area contributed by atoms with E-state index in [4.69, 9.17) is 9.47 Å². The summed E-state index contributed by atoms with van der Waals surface area (Å²) in [5, 5.41) is 3.27. The normalized spacial score (nSPS) is 16.4. The van der Waals surface area contributed by atoms with E-state index in [1.807, 2.05) is 0 Å². The van der Waals surface area contributed by atoms with Crippen molar-refractivity contribution in [3.8, 4) is 11.5 Å². The minimum atomic E-state index is -0.731. The molecule has 0 spiro atoms. The monoisotopic (exact) mass is 271 g/mol. The predicted octanol–water partition coefficient (Wildman–Crippen LogP) is 2.52. The van der Waals surface area contributed by atoms with Crippen molar-refractivity contribution in [2.75, 3.05) is 27.3 Å². The standard InChI is InChI=1S/C14H19F2NO2/c1-18-13-10(7-9-3-5-17-6-4-9)11(15)8-12(16)14(13)19-2/h8-9,17H,3-7H2,1-2H3. The van der Waals surface area contributed by atoms with Crippen LogP contribution >= 0.6 is 0 Å². The molecule has 5 heteroatoms. The topological polar surface area (TPSA) is 30.5 Å². The summed E-state index contributed by atoms with van der Waals surface area (Å²) in [4.78, 5) is 0. The van der Waals surface area contributed by atoms with Gasteiger partial charge in [0.25, 0.3) is 0 Å². The molecule has 1 aliphatic rings. The molecule has 0 bridgehead atoms. The van der Waals surface area contributed by atoms with Crippen LogP contribution in [0.2, 0.25) is 0 Å². The van der Waals surface area contributed by atoms with Crippen molar-refractivity contribution in [3.05, 3.63) is 23.3 Å². The molecule has 1 N–H and O–H groups in total. The fourth-order valence-electron chi connectivity index (χ4n) is 2.59. The second-order valence-corrected chi connectivity index (χ2v) is 4.78. The maximum absolute atomic E-state index is 14.0. The van der Waals surface area contributed by atoms with Gasteiger partial charge in [0, 0.05) is 11.6 Å². The molecule has 3 nitrogen and oxygen atoms in total. The molecule has 1 saturated heterocycles. The molecule has 1 heterocycles. The number of nitrogens with one attached hydrogen (secondary N) is 1. The summed E-state index contributed by atoms with van der Waals surface area (Å²) in [6, 6.07) is 0.873. The highest BCUT2D eigenvalue weighted by Gasteiger charge is 2.23. The number of benzene rings is 1. The SMILES string of the molecule is COc1c(F)cc(F)c(CC2CCNCC2)c1OC. The number of methoxy groups -OCH3 is 2. The molecule has 0 saturated carbocycles. The zero-order valence-electron chi connectivity index (χ0n) is 11.3. The lowest BCUT2D eigenvalue weighted by Gasteiger charge is -2.24. The van der Waals surface area contributed by atoms with Gasteiger partial charge < -0.3 is 14.8 Å². The van der Waals surface area contributed by atoms with E-state index in [2.05, 4.69) is 5.32 Å². The van der Waals surface area contributed by atoms with Gasteiger partial charge >= 0.3 is 0 Å². The van der Waals surface area contributed by atoms with E-state index in [-0.39, 0.29) is 11.5 Å². The van der Waals surface area contributed by atoms with Crippen LogP contribution in [0.5, 0.6) is 11.5 Å². The van der Waals surface area contributed by atoms with Crippen molar-refractivity contribution in [3.63, 3.8) is 0 Å². The van der Waals surface area contributed by atoms with Gasteiger partial charge in [0.05, 0.1) is 14.2 Å². The average Bonchev–Trinajstić information content (AvgIpc) is 2.42. The second-order valence-electron chi connectivity index (χ2n) is 4.78. The summed E-state index contributed by atoms with van der Waals surface area (Å²) in [5.74, 6) is -0.745.